The van der Waals surface area contributed by atoms with E-state index < -0.39 is 0 Å². The zero-order valence-corrected chi connectivity index (χ0v) is 15.3. The van der Waals surface area contributed by atoms with Gasteiger partial charge in [0.15, 0.2) is 11.5 Å². The molecule has 3 aromatic carbocycles. The molecule has 138 valence electrons. The van der Waals surface area contributed by atoms with E-state index in [1.165, 1.54) is 0 Å². The quantitative estimate of drug-likeness (QED) is 0.675. The first-order valence-corrected chi connectivity index (χ1v) is 9.08. The Kier molecular flexibility index (Phi) is 5.03. The lowest BCUT2D eigenvalue weighted by molar-refractivity contribution is 0.0946. The van der Waals surface area contributed by atoms with Gasteiger partial charge in [-0.25, -0.2) is 0 Å². The van der Waals surface area contributed by atoms with Crippen LogP contribution in [0.4, 0.5) is 0 Å². The van der Waals surface area contributed by atoms with Crippen LogP contribution in [-0.2, 0) is 0 Å². The molecule has 0 unspecified atom stereocenters. The summed E-state index contributed by atoms with van der Waals surface area (Å²) < 4.78 is 16.8. The van der Waals surface area contributed by atoms with Crippen molar-refractivity contribution in [3.05, 3.63) is 65.2 Å². The number of rotatable bonds is 5. The summed E-state index contributed by atoms with van der Waals surface area (Å²) in [5.41, 5.74) is 0.425. The summed E-state index contributed by atoms with van der Waals surface area (Å²) >= 11 is 6.18. The average molecular weight is 384 g/mol. The van der Waals surface area contributed by atoms with Gasteiger partial charge in [0.25, 0.3) is 5.91 Å². The van der Waals surface area contributed by atoms with Crippen molar-refractivity contribution >= 4 is 28.3 Å². The molecule has 0 spiro atoms. The maximum absolute atomic E-state index is 12.4. The van der Waals surface area contributed by atoms with Gasteiger partial charge in [-0.15, -0.1) is 0 Å². The molecule has 1 heterocycles. The molecular formula is C21H18ClNO4. The van der Waals surface area contributed by atoms with Crippen LogP contribution in [0.3, 0.4) is 0 Å². The minimum absolute atomic E-state index is 0.240. The number of ether oxygens (including phenoxy) is 3. The smallest absolute Gasteiger partial charge is 0.251 e. The number of hydrogen-bond acceptors (Lipinski definition) is 4. The van der Waals surface area contributed by atoms with Crippen LogP contribution in [0, 0.1) is 0 Å². The van der Waals surface area contributed by atoms with Crippen LogP contribution in [0.5, 0.6) is 17.2 Å². The molecule has 27 heavy (non-hydrogen) atoms. The highest BCUT2D eigenvalue weighted by molar-refractivity contribution is 6.32. The van der Waals surface area contributed by atoms with E-state index in [4.69, 9.17) is 25.8 Å². The molecule has 3 aromatic rings. The Bertz CT molecular complexity index is 984. The van der Waals surface area contributed by atoms with Crippen LogP contribution in [-0.4, -0.2) is 32.3 Å². The van der Waals surface area contributed by atoms with Crippen molar-refractivity contribution in [3.63, 3.8) is 0 Å². The number of fused-ring (bicyclic) bond motifs is 2. The van der Waals surface area contributed by atoms with Crippen molar-refractivity contribution in [3.8, 4) is 17.2 Å². The highest BCUT2D eigenvalue weighted by Gasteiger charge is 2.19. The van der Waals surface area contributed by atoms with Crippen LogP contribution < -0.4 is 19.5 Å². The van der Waals surface area contributed by atoms with Gasteiger partial charge in [0.2, 0.25) is 0 Å². The maximum atomic E-state index is 12.4. The molecule has 0 radical (unpaired) electrons. The second kappa shape index (κ2) is 7.76. The van der Waals surface area contributed by atoms with Crippen molar-refractivity contribution in [1.29, 1.82) is 0 Å². The van der Waals surface area contributed by atoms with E-state index >= 15 is 0 Å². The molecule has 0 saturated carbocycles. The van der Waals surface area contributed by atoms with Gasteiger partial charge >= 0.3 is 0 Å². The molecule has 0 atom stereocenters. The van der Waals surface area contributed by atoms with E-state index in [-0.39, 0.29) is 5.91 Å². The summed E-state index contributed by atoms with van der Waals surface area (Å²) in [6.45, 7) is 1.61. The summed E-state index contributed by atoms with van der Waals surface area (Å²) in [6, 6.07) is 17.1. The lowest BCUT2D eigenvalue weighted by Crippen LogP contribution is -2.28. The molecule has 1 aliphatic rings. The zero-order valence-electron chi connectivity index (χ0n) is 14.5. The number of amides is 1. The topological polar surface area (TPSA) is 56.8 Å². The predicted molar refractivity (Wildman–Crippen MR) is 104 cm³/mol. The number of carbonyl (C=O) groups excluding carboxylic acids is 1. The number of carbonyl (C=O) groups is 1. The molecular weight excluding hydrogens is 366 g/mol. The molecule has 1 aliphatic heterocycles. The van der Waals surface area contributed by atoms with Gasteiger partial charge in [-0.05, 0) is 23.6 Å². The molecule has 5 nitrogen and oxygen atoms in total. The summed E-state index contributed by atoms with van der Waals surface area (Å²) in [5.74, 6) is 1.53. The van der Waals surface area contributed by atoms with Crippen LogP contribution in [0.1, 0.15) is 10.4 Å². The average Bonchev–Trinajstić information content (AvgIpc) is 2.71. The largest absolute Gasteiger partial charge is 0.491 e. The Balaban J connectivity index is 1.36. The Labute approximate surface area is 161 Å². The SMILES string of the molecule is O=C(NCCOc1cccc2ccccc12)c1cc(Cl)c2c(c1)OCCO2. The lowest BCUT2D eigenvalue weighted by atomic mass is 10.1. The third-order valence-electron chi connectivity index (χ3n) is 4.25. The normalized spacial score (nSPS) is 12.6. The molecule has 6 heteroatoms. The summed E-state index contributed by atoms with van der Waals surface area (Å²) in [6.07, 6.45) is 0. The minimum atomic E-state index is -0.240. The molecule has 0 fully saturated rings. The van der Waals surface area contributed by atoms with Gasteiger partial charge in [0.05, 0.1) is 11.6 Å². The summed E-state index contributed by atoms with van der Waals surface area (Å²) in [5, 5.41) is 5.36. The van der Waals surface area contributed by atoms with Crippen LogP contribution in [0.2, 0.25) is 5.02 Å². The Hall–Kier alpha value is -2.92. The highest BCUT2D eigenvalue weighted by Crippen LogP contribution is 2.38. The molecule has 0 aromatic heterocycles. The Morgan fingerprint density at radius 1 is 1.07 bits per heavy atom. The van der Waals surface area contributed by atoms with E-state index in [9.17, 15) is 4.79 Å². The van der Waals surface area contributed by atoms with Crippen LogP contribution >= 0.6 is 11.6 Å². The first-order valence-electron chi connectivity index (χ1n) is 8.70. The molecule has 1 N–H and O–H groups in total. The van der Waals surface area contributed by atoms with E-state index in [1.807, 2.05) is 42.5 Å². The van der Waals surface area contributed by atoms with Crippen molar-refractivity contribution in [2.24, 2.45) is 0 Å². The van der Waals surface area contributed by atoms with Crippen LogP contribution in [0.25, 0.3) is 10.8 Å². The fraction of sp³-hybridized carbons (Fsp3) is 0.190. The molecule has 0 aliphatic carbocycles. The van der Waals surface area contributed by atoms with Crippen molar-refractivity contribution < 1.29 is 19.0 Å². The molecule has 0 bridgehead atoms. The van der Waals surface area contributed by atoms with Gasteiger partial charge in [0, 0.05) is 10.9 Å². The predicted octanol–water partition coefficient (Wildman–Crippen LogP) is 4.07. The number of nitrogens with one attached hydrogen (secondary N) is 1. The minimum Gasteiger partial charge on any atom is -0.491 e. The maximum Gasteiger partial charge on any atom is 0.251 e. The van der Waals surface area contributed by atoms with E-state index in [0.717, 1.165) is 16.5 Å². The lowest BCUT2D eigenvalue weighted by Gasteiger charge is -2.20. The summed E-state index contributed by atoms with van der Waals surface area (Å²) in [7, 11) is 0. The van der Waals surface area contributed by atoms with Crippen molar-refractivity contribution in [1.82, 2.24) is 5.32 Å². The molecule has 0 saturated heterocycles. The van der Waals surface area contributed by atoms with Gasteiger partial charge in [-0.1, -0.05) is 48.0 Å². The standard InChI is InChI=1S/C21H18ClNO4/c22-17-12-15(13-19-20(17)27-11-10-26-19)21(24)23-8-9-25-18-7-3-5-14-4-1-2-6-16(14)18/h1-7,12-13H,8-11H2,(H,23,24). The van der Waals surface area contributed by atoms with Gasteiger partial charge < -0.3 is 19.5 Å². The molecule has 1 amide bonds. The van der Waals surface area contributed by atoms with Crippen molar-refractivity contribution in [2.75, 3.05) is 26.4 Å². The number of benzene rings is 3. The fourth-order valence-corrected chi connectivity index (χ4v) is 3.26. The van der Waals surface area contributed by atoms with Crippen molar-refractivity contribution in [2.45, 2.75) is 0 Å². The molecule has 4 rings (SSSR count). The third kappa shape index (κ3) is 3.78. The Morgan fingerprint density at radius 2 is 1.89 bits per heavy atom. The third-order valence-corrected chi connectivity index (χ3v) is 4.53. The number of halogens is 1. The number of hydrogen-bond donors (Lipinski definition) is 1. The van der Waals surface area contributed by atoms with Gasteiger partial charge in [0.1, 0.15) is 25.6 Å². The zero-order chi connectivity index (χ0) is 18.6. The van der Waals surface area contributed by atoms with E-state index in [0.29, 0.717) is 48.5 Å². The van der Waals surface area contributed by atoms with E-state index in [2.05, 4.69) is 5.32 Å². The first-order chi connectivity index (χ1) is 13.2. The monoisotopic (exact) mass is 383 g/mol. The van der Waals surface area contributed by atoms with E-state index in [1.54, 1.807) is 12.1 Å². The summed E-state index contributed by atoms with van der Waals surface area (Å²) in [4.78, 5) is 12.4. The van der Waals surface area contributed by atoms with Gasteiger partial charge in [-0.2, -0.15) is 0 Å². The van der Waals surface area contributed by atoms with Crippen LogP contribution in [0.15, 0.2) is 54.6 Å². The second-order valence-electron chi connectivity index (χ2n) is 6.06. The Morgan fingerprint density at radius 3 is 2.81 bits per heavy atom. The van der Waals surface area contributed by atoms with Gasteiger partial charge in [-0.3, -0.25) is 4.79 Å². The highest BCUT2D eigenvalue weighted by atomic mass is 35.5. The first kappa shape index (κ1) is 17.5. The fourth-order valence-electron chi connectivity index (χ4n) is 2.99. The second-order valence-corrected chi connectivity index (χ2v) is 6.47.